The van der Waals surface area contributed by atoms with Crippen molar-refractivity contribution in [3.8, 4) is 5.88 Å². The minimum Gasteiger partial charge on any atom is -0.477 e. The molecule has 1 heterocycles. The first-order chi connectivity index (χ1) is 8.02. The van der Waals surface area contributed by atoms with Gasteiger partial charge in [-0.05, 0) is 30.5 Å². The van der Waals surface area contributed by atoms with Gasteiger partial charge in [0.05, 0.1) is 6.61 Å². The lowest BCUT2D eigenvalue weighted by atomic mass is 10.1. The molecule has 0 aliphatic carbocycles. The van der Waals surface area contributed by atoms with Gasteiger partial charge in [-0.25, -0.2) is 4.98 Å². The molecular formula is C14H24N2O. The van der Waals surface area contributed by atoms with Crippen LogP contribution in [0.4, 0.5) is 0 Å². The maximum Gasteiger partial charge on any atom is 0.213 e. The van der Waals surface area contributed by atoms with Crippen molar-refractivity contribution in [2.45, 2.75) is 40.2 Å². The topological polar surface area (TPSA) is 34.1 Å². The van der Waals surface area contributed by atoms with Gasteiger partial charge in [0.15, 0.2) is 0 Å². The van der Waals surface area contributed by atoms with E-state index in [-0.39, 0.29) is 0 Å². The fourth-order valence-corrected chi connectivity index (χ4v) is 1.51. The molecule has 96 valence electrons. The van der Waals surface area contributed by atoms with E-state index in [1.807, 2.05) is 13.1 Å². The number of rotatable bonds is 6. The van der Waals surface area contributed by atoms with Crippen molar-refractivity contribution in [2.24, 2.45) is 5.92 Å². The van der Waals surface area contributed by atoms with Crippen LogP contribution in [0.3, 0.4) is 0 Å². The largest absolute Gasteiger partial charge is 0.477 e. The van der Waals surface area contributed by atoms with Gasteiger partial charge in [0.25, 0.3) is 0 Å². The van der Waals surface area contributed by atoms with Crippen LogP contribution in [-0.2, 0) is 6.54 Å². The van der Waals surface area contributed by atoms with E-state index in [0.29, 0.717) is 18.4 Å². The molecular weight excluding hydrogens is 212 g/mol. The molecule has 1 aromatic rings. The molecule has 0 amide bonds. The second-order valence-corrected chi connectivity index (χ2v) is 5.13. The number of hydrogen-bond acceptors (Lipinski definition) is 3. The van der Waals surface area contributed by atoms with E-state index in [4.69, 9.17) is 4.74 Å². The predicted octanol–water partition coefficient (Wildman–Crippen LogP) is 2.96. The molecule has 0 saturated carbocycles. The summed E-state index contributed by atoms with van der Waals surface area (Å²) in [5.74, 6) is 1.69. The third-order valence-electron chi connectivity index (χ3n) is 2.42. The summed E-state index contributed by atoms with van der Waals surface area (Å²) in [6.45, 7) is 10.1. The molecule has 3 heteroatoms. The molecule has 0 aliphatic rings. The molecule has 3 nitrogen and oxygen atoms in total. The SMILES string of the molecule is CNCc1cc(OCC(C)C)nc(C(C)C)c1. The average molecular weight is 236 g/mol. The van der Waals surface area contributed by atoms with Gasteiger partial charge < -0.3 is 10.1 Å². The Hall–Kier alpha value is -1.09. The van der Waals surface area contributed by atoms with Crippen LogP contribution in [0, 0.1) is 5.92 Å². The molecule has 17 heavy (non-hydrogen) atoms. The highest BCUT2D eigenvalue weighted by atomic mass is 16.5. The lowest BCUT2D eigenvalue weighted by Crippen LogP contribution is -2.10. The van der Waals surface area contributed by atoms with Gasteiger partial charge in [-0.3, -0.25) is 0 Å². The molecule has 0 atom stereocenters. The van der Waals surface area contributed by atoms with Crippen molar-refractivity contribution in [1.29, 1.82) is 0 Å². The first kappa shape index (κ1) is 14.0. The Labute approximate surface area is 105 Å². The second-order valence-electron chi connectivity index (χ2n) is 5.13. The number of nitrogens with zero attached hydrogens (tertiary/aromatic N) is 1. The van der Waals surface area contributed by atoms with Gasteiger partial charge in [-0.2, -0.15) is 0 Å². The van der Waals surface area contributed by atoms with Crippen LogP contribution >= 0.6 is 0 Å². The molecule has 0 spiro atoms. The van der Waals surface area contributed by atoms with Crippen LogP contribution in [0.15, 0.2) is 12.1 Å². The van der Waals surface area contributed by atoms with Crippen LogP contribution in [-0.4, -0.2) is 18.6 Å². The lowest BCUT2D eigenvalue weighted by Gasteiger charge is -2.13. The maximum atomic E-state index is 5.71. The molecule has 1 rings (SSSR count). The van der Waals surface area contributed by atoms with E-state index in [2.05, 4.69) is 44.1 Å². The molecule has 0 saturated heterocycles. The quantitative estimate of drug-likeness (QED) is 0.824. The smallest absolute Gasteiger partial charge is 0.213 e. The first-order valence-electron chi connectivity index (χ1n) is 6.31. The molecule has 0 unspecified atom stereocenters. The summed E-state index contributed by atoms with van der Waals surface area (Å²) in [5.41, 5.74) is 2.32. The van der Waals surface area contributed by atoms with Gasteiger partial charge in [-0.1, -0.05) is 27.7 Å². The van der Waals surface area contributed by atoms with E-state index in [9.17, 15) is 0 Å². The van der Waals surface area contributed by atoms with E-state index in [1.54, 1.807) is 0 Å². The monoisotopic (exact) mass is 236 g/mol. The predicted molar refractivity (Wildman–Crippen MR) is 71.4 cm³/mol. The van der Waals surface area contributed by atoms with Crippen LogP contribution in [0.25, 0.3) is 0 Å². The first-order valence-corrected chi connectivity index (χ1v) is 6.31. The second kappa shape index (κ2) is 6.60. The Morgan fingerprint density at radius 1 is 1.24 bits per heavy atom. The number of aromatic nitrogens is 1. The summed E-state index contributed by atoms with van der Waals surface area (Å²) in [6, 6.07) is 4.16. The van der Waals surface area contributed by atoms with Crippen molar-refractivity contribution < 1.29 is 4.74 Å². The van der Waals surface area contributed by atoms with Crippen molar-refractivity contribution >= 4 is 0 Å². The molecule has 1 aromatic heterocycles. The summed E-state index contributed by atoms with van der Waals surface area (Å²) in [7, 11) is 1.95. The summed E-state index contributed by atoms with van der Waals surface area (Å²) < 4.78 is 5.71. The van der Waals surface area contributed by atoms with Crippen LogP contribution in [0.1, 0.15) is 44.9 Å². The summed E-state index contributed by atoms with van der Waals surface area (Å²) >= 11 is 0. The molecule has 0 fully saturated rings. The molecule has 1 N–H and O–H groups in total. The third kappa shape index (κ3) is 4.73. The Balaban J connectivity index is 2.87. The Morgan fingerprint density at radius 2 is 1.94 bits per heavy atom. The fraction of sp³-hybridized carbons (Fsp3) is 0.643. The van der Waals surface area contributed by atoms with E-state index >= 15 is 0 Å². The normalized spacial score (nSPS) is 11.2. The summed E-state index contributed by atoms with van der Waals surface area (Å²) in [5, 5.41) is 3.16. The highest BCUT2D eigenvalue weighted by Crippen LogP contribution is 2.19. The van der Waals surface area contributed by atoms with Crippen molar-refractivity contribution in [2.75, 3.05) is 13.7 Å². The zero-order valence-corrected chi connectivity index (χ0v) is 11.6. The highest BCUT2D eigenvalue weighted by molar-refractivity contribution is 5.26. The Bertz CT molecular complexity index is 348. The van der Waals surface area contributed by atoms with Gasteiger partial charge in [0, 0.05) is 18.3 Å². The van der Waals surface area contributed by atoms with Crippen LogP contribution in [0.5, 0.6) is 5.88 Å². The number of nitrogens with one attached hydrogen (secondary N) is 1. The number of pyridine rings is 1. The van der Waals surface area contributed by atoms with Gasteiger partial charge in [-0.15, -0.1) is 0 Å². The fourth-order valence-electron chi connectivity index (χ4n) is 1.51. The minimum absolute atomic E-state index is 0.424. The maximum absolute atomic E-state index is 5.71. The zero-order valence-electron chi connectivity index (χ0n) is 11.6. The molecule has 0 radical (unpaired) electrons. The Morgan fingerprint density at radius 3 is 2.47 bits per heavy atom. The van der Waals surface area contributed by atoms with E-state index < -0.39 is 0 Å². The Kier molecular flexibility index (Phi) is 5.42. The van der Waals surface area contributed by atoms with Gasteiger partial charge in [0.2, 0.25) is 5.88 Å². The van der Waals surface area contributed by atoms with Gasteiger partial charge in [0.1, 0.15) is 0 Å². The number of hydrogen-bond donors (Lipinski definition) is 1. The molecule has 0 aromatic carbocycles. The molecule has 0 aliphatic heterocycles. The average Bonchev–Trinajstić information content (AvgIpc) is 2.26. The molecule has 0 bridgehead atoms. The highest BCUT2D eigenvalue weighted by Gasteiger charge is 2.07. The van der Waals surface area contributed by atoms with Gasteiger partial charge >= 0.3 is 0 Å². The number of ether oxygens (including phenoxy) is 1. The third-order valence-corrected chi connectivity index (χ3v) is 2.42. The zero-order chi connectivity index (χ0) is 12.8. The van der Waals surface area contributed by atoms with E-state index in [0.717, 1.165) is 18.1 Å². The van der Waals surface area contributed by atoms with Crippen LogP contribution < -0.4 is 10.1 Å². The van der Waals surface area contributed by atoms with Crippen molar-refractivity contribution in [1.82, 2.24) is 10.3 Å². The minimum atomic E-state index is 0.424. The summed E-state index contributed by atoms with van der Waals surface area (Å²) in [4.78, 5) is 4.54. The standard InChI is InChI=1S/C14H24N2O/c1-10(2)9-17-14-7-12(8-15-5)6-13(16-14)11(3)4/h6-7,10-11,15H,8-9H2,1-5H3. The summed E-state index contributed by atoms with van der Waals surface area (Å²) in [6.07, 6.45) is 0. The van der Waals surface area contributed by atoms with Crippen molar-refractivity contribution in [3.63, 3.8) is 0 Å². The van der Waals surface area contributed by atoms with E-state index in [1.165, 1.54) is 5.56 Å². The van der Waals surface area contributed by atoms with Crippen molar-refractivity contribution in [3.05, 3.63) is 23.4 Å². The lowest BCUT2D eigenvalue weighted by molar-refractivity contribution is 0.260. The van der Waals surface area contributed by atoms with Crippen LogP contribution in [0.2, 0.25) is 0 Å².